The number of hydrogen-bond acceptors (Lipinski definition) is 4. The number of aromatic nitrogens is 4. The van der Waals surface area contributed by atoms with E-state index in [0.717, 1.165) is 26.2 Å². The zero-order chi connectivity index (χ0) is 15.4. The molecule has 0 bridgehead atoms. The van der Waals surface area contributed by atoms with Gasteiger partial charge >= 0.3 is 0 Å². The fraction of sp³-hybridized carbons (Fsp3) is 0.625. The van der Waals surface area contributed by atoms with Crippen LogP contribution in [-0.2, 0) is 13.1 Å². The molecule has 22 heavy (non-hydrogen) atoms. The Bertz CT molecular complexity index is 557. The topological polar surface area (TPSA) is 59.1 Å². The number of likely N-dealkylation sites (tertiary alicyclic amines) is 1. The molecule has 1 aliphatic rings. The van der Waals surface area contributed by atoms with Gasteiger partial charge in [0, 0.05) is 31.7 Å². The van der Waals surface area contributed by atoms with Crippen molar-refractivity contribution >= 4 is 0 Å². The maximum Gasteiger partial charge on any atom is 0.0862 e. The van der Waals surface area contributed by atoms with Crippen LogP contribution in [0.4, 0.5) is 0 Å². The van der Waals surface area contributed by atoms with Crippen LogP contribution in [0.2, 0.25) is 0 Å². The van der Waals surface area contributed by atoms with Crippen molar-refractivity contribution in [2.45, 2.75) is 39.0 Å². The van der Waals surface area contributed by atoms with E-state index in [2.05, 4.69) is 32.9 Å². The molecule has 3 heterocycles. The van der Waals surface area contributed by atoms with Crippen LogP contribution in [0.5, 0.6) is 0 Å². The molecule has 0 radical (unpaired) electrons. The van der Waals surface area contributed by atoms with Gasteiger partial charge in [-0.05, 0) is 50.4 Å². The van der Waals surface area contributed by atoms with Crippen LogP contribution in [0, 0.1) is 12.8 Å². The molecule has 0 aromatic carbocycles. The first-order valence-electron chi connectivity index (χ1n) is 8.06. The molecule has 1 saturated heterocycles. The third-order valence-electron chi connectivity index (χ3n) is 4.34. The molecule has 0 saturated carbocycles. The first kappa shape index (κ1) is 15.2. The average Bonchev–Trinajstić information content (AvgIpc) is 3.13. The highest BCUT2D eigenvalue weighted by molar-refractivity contribution is 4.99. The minimum atomic E-state index is -0.356. The Kier molecular flexibility index (Phi) is 4.90. The second-order valence-corrected chi connectivity index (χ2v) is 6.37. The predicted molar refractivity (Wildman–Crippen MR) is 84.4 cm³/mol. The van der Waals surface area contributed by atoms with Crippen molar-refractivity contribution < 1.29 is 5.11 Å². The summed E-state index contributed by atoms with van der Waals surface area (Å²) in [5.41, 5.74) is 1.22. The Morgan fingerprint density at radius 1 is 1.23 bits per heavy atom. The van der Waals surface area contributed by atoms with E-state index in [4.69, 9.17) is 0 Å². The van der Waals surface area contributed by atoms with Gasteiger partial charge in [0.1, 0.15) is 0 Å². The highest BCUT2D eigenvalue weighted by Gasteiger charge is 2.21. The first-order chi connectivity index (χ1) is 10.7. The van der Waals surface area contributed by atoms with Crippen LogP contribution < -0.4 is 0 Å². The molecule has 6 nitrogen and oxygen atoms in total. The molecule has 120 valence electrons. The summed E-state index contributed by atoms with van der Waals surface area (Å²) in [4.78, 5) is 2.36. The summed E-state index contributed by atoms with van der Waals surface area (Å²) >= 11 is 0. The molecule has 1 atom stereocenters. The highest BCUT2D eigenvalue weighted by atomic mass is 16.3. The summed E-state index contributed by atoms with van der Waals surface area (Å²) in [5.74, 6) is 0.693. The smallest absolute Gasteiger partial charge is 0.0862 e. The van der Waals surface area contributed by atoms with Gasteiger partial charge in [-0.1, -0.05) is 0 Å². The number of β-amino-alcohol motifs (C(OH)–C–C–N with tert-alkyl or cyclic N) is 1. The number of piperidine rings is 1. The SMILES string of the molecule is Cc1cnn(CC2CCN(C[C@H](O)Cn3cccn3)CC2)c1. The van der Waals surface area contributed by atoms with E-state index in [-0.39, 0.29) is 6.10 Å². The van der Waals surface area contributed by atoms with E-state index < -0.39 is 0 Å². The number of aryl methyl sites for hydroxylation is 1. The lowest BCUT2D eigenvalue weighted by molar-refractivity contribution is 0.0733. The van der Waals surface area contributed by atoms with Crippen LogP contribution in [0.15, 0.2) is 30.9 Å². The van der Waals surface area contributed by atoms with Crippen LogP contribution in [0.25, 0.3) is 0 Å². The largest absolute Gasteiger partial charge is 0.390 e. The van der Waals surface area contributed by atoms with E-state index in [9.17, 15) is 5.11 Å². The molecule has 3 rings (SSSR count). The lowest BCUT2D eigenvalue weighted by atomic mass is 9.96. The summed E-state index contributed by atoms with van der Waals surface area (Å²) in [6.07, 6.45) is 9.66. The maximum absolute atomic E-state index is 10.2. The zero-order valence-corrected chi connectivity index (χ0v) is 13.2. The van der Waals surface area contributed by atoms with Crippen molar-refractivity contribution in [1.82, 2.24) is 24.5 Å². The van der Waals surface area contributed by atoms with Crippen molar-refractivity contribution in [1.29, 1.82) is 0 Å². The number of hydrogen-bond donors (Lipinski definition) is 1. The van der Waals surface area contributed by atoms with Gasteiger partial charge in [-0.15, -0.1) is 0 Å². The second-order valence-electron chi connectivity index (χ2n) is 6.37. The first-order valence-corrected chi connectivity index (χ1v) is 8.06. The minimum Gasteiger partial charge on any atom is -0.390 e. The van der Waals surface area contributed by atoms with Crippen molar-refractivity contribution in [3.05, 3.63) is 36.4 Å². The van der Waals surface area contributed by atoms with E-state index in [1.165, 1.54) is 18.4 Å². The molecular weight excluding hydrogens is 278 g/mol. The second kappa shape index (κ2) is 7.07. The van der Waals surface area contributed by atoms with Gasteiger partial charge in [0.2, 0.25) is 0 Å². The third kappa shape index (κ3) is 4.18. The van der Waals surface area contributed by atoms with Gasteiger partial charge in [0.25, 0.3) is 0 Å². The van der Waals surface area contributed by atoms with Gasteiger partial charge in [-0.2, -0.15) is 10.2 Å². The Balaban J connectivity index is 1.39. The Morgan fingerprint density at radius 2 is 2.05 bits per heavy atom. The van der Waals surface area contributed by atoms with Gasteiger partial charge in [0.05, 0.1) is 18.8 Å². The summed E-state index contributed by atoms with van der Waals surface area (Å²) in [5, 5.41) is 18.7. The molecule has 6 heteroatoms. The molecular formula is C16H25N5O. The fourth-order valence-electron chi connectivity index (χ4n) is 3.16. The van der Waals surface area contributed by atoms with E-state index in [1.54, 1.807) is 10.9 Å². The molecule has 1 fully saturated rings. The molecule has 0 aliphatic carbocycles. The average molecular weight is 303 g/mol. The Morgan fingerprint density at radius 3 is 2.68 bits per heavy atom. The van der Waals surface area contributed by atoms with Crippen molar-refractivity contribution in [2.75, 3.05) is 19.6 Å². The number of nitrogens with zero attached hydrogens (tertiary/aromatic N) is 5. The normalized spacial score (nSPS) is 18.6. The number of aliphatic hydroxyl groups is 1. The highest BCUT2D eigenvalue weighted by Crippen LogP contribution is 2.19. The lowest BCUT2D eigenvalue weighted by Crippen LogP contribution is -2.40. The van der Waals surface area contributed by atoms with Crippen LogP contribution in [0.3, 0.4) is 0 Å². The molecule has 0 spiro atoms. The van der Waals surface area contributed by atoms with E-state index >= 15 is 0 Å². The predicted octanol–water partition coefficient (Wildman–Crippen LogP) is 1.16. The molecule has 0 unspecified atom stereocenters. The summed E-state index contributed by atoms with van der Waals surface area (Å²) in [6, 6.07) is 1.88. The van der Waals surface area contributed by atoms with Crippen molar-refractivity contribution in [2.24, 2.45) is 5.92 Å². The van der Waals surface area contributed by atoms with Gasteiger partial charge in [-0.25, -0.2) is 0 Å². The van der Waals surface area contributed by atoms with Crippen molar-refractivity contribution in [3.8, 4) is 0 Å². The van der Waals surface area contributed by atoms with Crippen LogP contribution in [0.1, 0.15) is 18.4 Å². The van der Waals surface area contributed by atoms with Crippen LogP contribution >= 0.6 is 0 Å². The Labute approximate surface area is 131 Å². The van der Waals surface area contributed by atoms with Gasteiger partial charge in [-0.3, -0.25) is 9.36 Å². The standard InChI is InChI=1S/C16H25N5O/c1-14-9-18-21(10-14)11-15-3-7-19(8-4-15)12-16(22)13-20-6-2-5-17-20/h2,5-6,9-10,15-16,22H,3-4,7-8,11-13H2,1H3/t16-/m0/s1. The molecule has 1 N–H and O–H groups in total. The summed E-state index contributed by atoms with van der Waals surface area (Å²) in [7, 11) is 0. The van der Waals surface area contributed by atoms with Crippen molar-refractivity contribution in [3.63, 3.8) is 0 Å². The van der Waals surface area contributed by atoms with Gasteiger partial charge < -0.3 is 10.0 Å². The third-order valence-corrected chi connectivity index (χ3v) is 4.34. The zero-order valence-electron chi connectivity index (χ0n) is 13.2. The summed E-state index contributed by atoms with van der Waals surface area (Å²) in [6.45, 7) is 6.50. The molecule has 1 aliphatic heterocycles. The minimum absolute atomic E-state index is 0.356. The lowest BCUT2D eigenvalue weighted by Gasteiger charge is -2.33. The monoisotopic (exact) mass is 303 g/mol. The van der Waals surface area contributed by atoms with Gasteiger partial charge in [0.15, 0.2) is 0 Å². The fourth-order valence-corrected chi connectivity index (χ4v) is 3.16. The van der Waals surface area contributed by atoms with Crippen LogP contribution in [-0.4, -0.2) is 55.3 Å². The van der Waals surface area contributed by atoms with E-state index in [1.807, 2.05) is 18.5 Å². The maximum atomic E-state index is 10.2. The number of rotatable bonds is 6. The Hall–Kier alpha value is -1.66. The quantitative estimate of drug-likeness (QED) is 0.870. The molecule has 0 amide bonds. The number of aliphatic hydroxyl groups excluding tert-OH is 1. The van der Waals surface area contributed by atoms with E-state index in [0.29, 0.717) is 12.5 Å². The molecule has 2 aromatic heterocycles. The summed E-state index contributed by atoms with van der Waals surface area (Å²) < 4.78 is 3.85. The molecule has 2 aromatic rings.